The highest BCUT2D eigenvalue weighted by atomic mass is 16.6. The van der Waals surface area contributed by atoms with Crippen LogP contribution in [0.1, 0.15) is 41.0 Å². The summed E-state index contributed by atoms with van der Waals surface area (Å²) in [6.45, 7) is 10.2. The van der Waals surface area contributed by atoms with Crippen LogP contribution in [0.15, 0.2) is 24.3 Å². The second-order valence-corrected chi connectivity index (χ2v) is 7.13. The number of rotatable bonds is 5. The van der Waals surface area contributed by atoms with Crippen molar-refractivity contribution in [3.05, 3.63) is 34.4 Å². The molecule has 0 fully saturated rings. The van der Waals surface area contributed by atoms with Crippen LogP contribution in [-0.4, -0.2) is 16.5 Å². The SMILES string of the molecule is CC(C)(C)CC(C)(C)NC(=O)NNc1cccc([N+](=O)[O-])c1. The number of anilines is 1. The molecule has 22 heavy (non-hydrogen) atoms. The van der Waals surface area contributed by atoms with E-state index in [0.29, 0.717) is 5.69 Å². The minimum atomic E-state index is -0.488. The van der Waals surface area contributed by atoms with Crippen molar-refractivity contribution in [1.29, 1.82) is 0 Å². The number of nitrogens with one attached hydrogen (secondary N) is 3. The van der Waals surface area contributed by atoms with Crippen LogP contribution in [-0.2, 0) is 0 Å². The first-order valence-corrected chi connectivity index (χ1v) is 7.07. The zero-order chi connectivity index (χ0) is 17.0. The van der Waals surface area contributed by atoms with Crippen LogP contribution in [0.2, 0.25) is 0 Å². The van der Waals surface area contributed by atoms with Crippen molar-refractivity contribution in [3.8, 4) is 0 Å². The fourth-order valence-corrected chi connectivity index (χ4v) is 2.53. The highest BCUT2D eigenvalue weighted by Gasteiger charge is 2.26. The number of hydrogen-bond acceptors (Lipinski definition) is 4. The first-order valence-electron chi connectivity index (χ1n) is 7.07. The van der Waals surface area contributed by atoms with Gasteiger partial charge < -0.3 is 5.32 Å². The maximum atomic E-state index is 11.9. The van der Waals surface area contributed by atoms with E-state index in [1.165, 1.54) is 12.1 Å². The Balaban J connectivity index is 2.56. The standard InChI is InChI=1S/C15H24N4O3/c1-14(2,3)10-15(4,5)16-13(20)18-17-11-7-6-8-12(9-11)19(21)22/h6-9,17H,10H2,1-5H3,(H2,16,18,20). The number of benzene rings is 1. The Morgan fingerprint density at radius 1 is 1.23 bits per heavy atom. The molecule has 0 spiro atoms. The van der Waals surface area contributed by atoms with E-state index in [0.717, 1.165) is 6.42 Å². The van der Waals surface area contributed by atoms with Crippen LogP contribution in [0.5, 0.6) is 0 Å². The summed E-state index contributed by atoms with van der Waals surface area (Å²) in [6.07, 6.45) is 0.810. The van der Waals surface area contributed by atoms with Crippen molar-refractivity contribution in [2.24, 2.45) is 5.41 Å². The minimum Gasteiger partial charge on any atom is -0.332 e. The van der Waals surface area contributed by atoms with Crippen molar-refractivity contribution in [2.45, 2.75) is 46.6 Å². The topological polar surface area (TPSA) is 96.3 Å². The molecule has 0 bridgehead atoms. The van der Waals surface area contributed by atoms with Crippen LogP contribution in [0, 0.1) is 15.5 Å². The van der Waals surface area contributed by atoms with Gasteiger partial charge in [0, 0.05) is 17.7 Å². The molecule has 1 aromatic rings. The Kier molecular flexibility index (Phi) is 5.35. The monoisotopic (exact) mass is 308 g/mol. The van der Waals surface area contributed by atoms with Crippen LogP contribution >= 0.6 is 0 Å². The normalized spacial score (nSPS) is 11.7. The fourth-order valence-electron chi connectivity index (χ4n) is 2.53. The van der Waals surface area contributed by atoms with E-state index in [1.807, 2.05) is 13.8 Å². The molecule has 7 heteroatoms. The molecule has 0 heterocycles. The summed E-state index contributed by atoms with van der Waals surface area (Å²) in [5, 5.41) is 13.6. The summed E-state index contributed by atoms with van der Waals surface area (Å²) < 4.78 is 0. The van der Waals surface area contributed by atoms with Gasteiger partial charge in [-0.15, -0.1) is 0 Å². The molecule has 0 unspecified atom stereocenters. The van der Waals surface area contributed by atoms with Crippen molar-refractivity contribution < 1.29 is 9.72 Å². The Morgan fingerprint density at radius 3 is 2.41 bits per heavy atom. The molecule has 0 aliphatic heterocycles. The maximum absolute atomic E-state index is 11.9. The molecule has 0 aliphatic carbocycles. The average Bonchev–Trinajstić information content (AvgIpc) is 2.33. The number of carbonyl (C=O) groups excluding carboxylic acids is 1. The third kappa shape index (κ3) is 6.43. The van der Waals surface area contributed by atoms with Gasteiger partial charge in [-0.2, -0.15) is 0 Å². The summed E-state index contributed by atoms with van der Waals surface area (Å²) in [6, 6.07) is 5.52. The molecule has 3 N–H and O–H groups in total. The fraction of sp³-hybridized carbons (Fsp3) is 0.533. The number of nitro benzene ring substituents is 1. The predicted molar refractivity (Wildman–Crippen MR) is 86.5 cm³/mol. The van der Waals surface area contributed by atoms with Crippen molar-refractivity contribution in [1.82, 2.24) is 10.7 Å². The van der Waals surface area contributed by atoms with E-state index in [2.05, 4.69) is 36.9 Å². The van der Waals surface area contributed by atoms with Crippen LogP contribution in [0.25, 0.3) is 0 Å². The molecule has 0 atom stereocenters. The number of nitrogens with zero attached hydrogens (tertiary/aromatic N) is 1. The van der Waals surface area contributed by atoms with Gasteiger partial charge in [-0.1, -0.05) is 26.8 Å². The zero-order valence-electron chi connectivity index (χ0n) is 13.7. The van der Waals surface area contributed by atoms with E-state index in [-0.39, 0.29) is 22.7 Å². The summed E-state index contributed by atoms with van der Waals surface area (Å²) in [5.74, 6) is 0. The van der Waals surface area contributed by atoms with Crippen molar-refractivity contribution in [2.75, 3.05) is 5.43 Å². The van der Waals surface area contributed by atoms with E-state index in [1.54, 1.807) is 12.1 Å². The van der Waals surface area contributed by atoms with E-state index >= 15 is 0 Å². The molecule has 2 amide bonds. The second-order valence-electron chi connectivity index (χ2n) is 7.13. The van der Waals surface area contributed by atoms with Gasteiger partial charge in [0.1, 0.15) is 0 Å². The van der Waals surface area contributed by atoms with Gasteiger partial charge in [0.05, 0.1) is 10.6 Å². The largest absolute Gasteiger partial charge is 0.333 e. The summed E-state index contributed by atoms with van der Waals surface area (Å²) in [4.78, 5) is 22.1. The highest BCUT2D eigenvalue weighted by Crippen LogP contribution is 2.26. The lowest BCUT2D eigenvalue weighted by atomic mass is 9.82. The minimum absolute atomic E-state index is 0.0414. The smallest absolute Gasteiger partial charge is 0.332 e. The number of amides is 2. The summed E-state index contributed by atoms with van der Waals surface area (Å²) in [7, 11) is 0. The van der Waals surface area contributed by atoms with E-state index < -0.39 is 4.92 Å². The van der Waals surface area contributed by atoms with E-state index in [9.17, 15) is 14.9 Å². The molecule has 1 aromatic carbocycles. The van der Waals surface area contributed by atoms with Gasteiger partial charge in [0.25, 0.3) is 5.69 Å². The number of hydrogen-bond donors (Lipinski definition) is 3. The molecule has 0 saturated carbocycles. The van der Waals surface area contributed by atoms with Gasteiger partial charge in [0.15, 0.2) is 0 Å². The Hall–Kier alpha value is -2.31. The lowest BCUT2D eigenvalue weighted by Crippen LogP contribution is -2.51. The summed E-state index contributed by atoms with van der Waals surface area (Å²) >= 11 is 0. The van der Waals surface area contributed by atoms with Crippen LogP contribution in [0.3, 0.4) is 0 Å². The highest BCUT2D eigenvalue weighted by molar-refractivity contribution is 5.76. The lowest BCUT2D eigenvalue weighted by molar-refractivity contribution is -0.384. The lowest BCUT2D eigenvalue weighted by Gasteiger charge is -2.33. The number of hydrazine groups is 1. The quantitative estimate of drug-likeness (QED) is 0.573. The van der Waals surface area contributed by atoms with Gasteiger partial charge in [-0.25, -0.2) is 4.79 Å². The number of carbonyl (C=O) groups is 1. The van der Waals surface area contributed by atoms with Crippen LogP contribution < -0.4 is 16.2 Å². The first-order chi connectivity index (χ1) is 9.98. The molecule has 7 nitrogen and oxygen atoms in total. The Bertz CT molecular complexity index is 550. The molecule has 0 aromatic heterocycles. The zero-order valence-corrected chi connectivity index (χ0v) is 13.7. The van der Waals surface area contributed by atoms with Gasteiger partial charge in [-0.3, -0.25) is 21.0 Å². The predicted octanol–water partition coefficient (Wildman–Crippen LogP) is 3.44. The Morgan fingerprint density at radius 2 is 1.86 bits per heavy atom. The van der Waals surface area contributed by atoms with Gasteiger partial charge in [0.2, 0.25) is 0 Å². The third-order valence-electron chi connectivity index (χ3n) is 2.80. The molecule has 0 aliphatic rings. The molecular weight excluding hydrogens is 284 g/mol. The maximum Gasteiger partial charge on any atom is 0.333 e. The van der Waals surface area contributed by atoms with Gasteiger partial charge >= 0.3 is 6.03 Å². The number of urea groups is 1. The van der Waals surface area contributed by atoms with Crippen LogP contribution in [0.4, 0.5) is 16.2 Å². The molecule has 0 radical (unpaired) electrons. The van der Waals surface area contributed by atoms with Crippen molar-refractivity contribution in [3.63, 3.8) is 0 Å². The molecular formula is C15H24N4O3. The van der Waals surface area contributed by atoms with Gasteiger partial charge in [-0.05, 0) is 31.7 Å². The average molecular weight is 308 g/mol. The first kappa shape index (κ1) is 17.7. The summed E-state index contributed by atoms with van der Waals surface area (Å²) in [5.41, 5.74) is 5.26. The third-order valence-corrected chi connectivity index (χ3v) is 2.80. The molecule has 122 valence electrons. The van der Waals surface area contributed by atoms with Crippen molar-refractivity contribution >= 4 is 17.4 Å². The Labute approximate surface area is 130 Å². The molecule has 0 saturated heterocycles. The molecule has 1 rings (SSSR count). The second kappa shape index (κ2) is 6.64. The number of nitro groups is 1. The van der Waals surface area contributed by atoms with E-state index in [4.69, 9.17) is 0 Å². The number of non-ortho nitro benzene ring substituents is 1.